The highest BCUT2D eigenvalue weighted by Gasteiger charge is 2.13. The van der Waals surface area contributed by atoms with E-state index in [2.05, 4.69) is 10.5 Å². The molecule has 6 nitrogen and oxygen atoms in total. The molecule has 6 heteroatoms. The number of aryl methyl sites for hydroxylation is 2. The van der Waals surface area contributed by atoms with Gasteiger partial charge in [-0.15, -0.1) is 0 Å². The van der Waals surface area contributed by atoms with Gasteiger partial charge in [-0.05, 0) is 26.0 Å². The van der Waals surface area contributed by atoms with E-state index >= 15 is 0 Å². The van der Waals surface area contributed by atoms with Crippen molar-refractivity contribution in [2.75, 3.05) is 18.9 Å². The quantitative estimate of drug-likeness (QED) is 0.826. The first-order chi connectivity index (χ1) is 9.02. The molecule has 2 rings (SSSR count). The maximum atomic E-state index is 11.8. The van der Waals surface area contributed by atoms with Crippen LogP contribution in [-0.4, -0.2) is 24.7 Å². The van der Waals surface area contributed by atoms with Crippen molar-refractivity contribution in [3.05, 3.63) is 35.5 Å². The lowest BCUT2D eigenvalue weighted by atomic mass is 10.4. The Morgan fingerprint density at radius 3 is 2.74 bits per heavy atom. The summed E-state index contributed by atoms with van der Waals surface area (Å²) >= 11 is 0. The van der Waals surface area contributed by atoms with Crippen molar-refractivity contribution in [1.29, 1.82) is 0 Å². The molecule has 2 aromatic heterocycles. The number of carbonyl (C=O) groups is 1. The third-order valence-electron chi connectivity index (χ3n) is 2.63. The molecule has 19 heavy (non-hydrogen) atoms. The number of amides is 1. The summed E-state index contributed by atoms with van der Waals surface area (Å²) in [6.45, 7) is 4.68. The average Bonchev–Trinajstić information content (AvgIpc) is 2.87. The second kappa shape index (κ2) is 5.71. The average molecular weight is 264 g/mol. The zero-order valence-corrected chi connectivity index (χ0v) is 11.3. The number of furan rings is 1. The van der Waals surface area contributed by atoms with Crippen molar-refractivity contribution >= 4 is 11.7 Å². The van der Waals surface area contributed by atoms with Crippen LogP contribution in [0.4, 0.5) is 5.82 Å². The summed E-state index contributed by atoms with van der Waals surface area (Å²) < 4.78 is 10.4. The molecule has 0 aliphatic heterocycles. The Balaban J connectivity index is 1.81. The normalized spacial score (nSPS) is 12.4. The highest BCUT2D eigenvalue weighted by atomic mass is 16.5. The molecule has 0 aliphatic carbocycles. The topological polar surface area (TPSA) is 72.7 Å². The van der Waals surface area contributed by atoms with Crippen LogP contribution >= 0.6 is 0 Å². The number of rotatable bonds is 5. The van der Waals surface area contributed by atoms with Crippen LogP contribution in [-0.2, 0) is 11.3 Å². The predicted octanol–water partition coefficient (Wildman–Crippen LogP) is 0.538. The summed E-state index contributed by atoms with van der Waals surface area (Å²) in [4.78, 5) is 12.8. The van der Waals surface area contributed by atoms with Crippen LogP contribution in [0.1, 0.15) is 17.3 Å². The van der Waals surface area contributed by atoms with Gasteiger partial charge in [0, 0.05) is 6.07 Å². The minimum Gasteiger partial charge on any atom is -0.460 e. The minimum atomic E-state index is -0.103. The van der Waals surface area contributed by atoms with E-state index in [1.54, 1.807) is 13.0 Å². The van der Waals surface area contributed by atoms with E-state index in [4.69, 9.17) is 8.94 Å². The van der Waals surface area contributed by atoms with Gasteiger partial charge in [0.25, 0.3) is 5.91 Å². The van der Waals surface area contributed by atoms with Gasteiger partial charge >= 0.3 is 0 Å². The first-order valence-electron chi connectivity index (χ1n) is 6.12. The molecule has 0 fully saturated rings. The van der Waals surface area contributed by atoms with Crippen LogP contribution in [0, 0.1) is 13.8 Å². The Kier molecular flexibility index (Phi) is 4.01. The Morgan fingerprint density at radius 1 is 1.37 bits per heavy atom. The zero-order chi connectivity index (χ0) is 13.8. The summed E-state index contributed by atoms with van der Waals surface area (Å²) in [7, 11) is 1.94. The van der Waals surface area contributed by atoms with Crippen LogP contribution in [0.15, 0.2) is 27.1 Å². The van der Waals surface area contributed by atoms with E-state index in [-0.39, 0.29) is 5.91 Å². The van der Waals surface area contributed by atoms with Gasteiger partial charge in [-0.2, -0.15) is 0 Å². The number of nitrogens with zero attached hydrogens (tertiary/aromatic N) is 1. The van der Waals surface area contributed by atoms with Crippen molar-refractivity contribution in [3.63, 3.8) is 0 Å². The number of likely N-dealkylation sites (N-methyl/N-ethyl adjacent to an activating group) is 1. The zero-order valence-electron chi connectivity index (χ0n) is 11.3. The van der Waals surface area contributed by atoms with Crippen LogP contribution in [0.3, 0.4) is 0 Å². The third-order valence-corrected chi connectivity index (χ3v) is 2.63. The molecule has 1 atom stereocenters. The molecule has 0 aromatic carbocycles. The minimum absolute atomic E-state index is 0.103. The van der Waals surface area contributed by atoms with E-state index in [0.717, 1.165) is 16.4 Å². The lowest BCUT2D eigenvalue weighted by molar-refractivity contribution is -0.886. The maximum absolute atomic E-state index is 11.8. The fourth-order valence-electron chi connectivity index (χ4n) is 1.83. The first kappa shape index (κ1) is 13.4. The van der Waals surface area contributed by atoms with Crippen molar-refractivity contribution < 1.29 is 18.6 Å². The maximum Gasteiger partial charge on any atom is 0.280 e. The summed E-state index contributed by atoms with van der Waals surface area (Å²) in [5.41, 5.74) is 0. The van der Waals surface area contributed by atoms with Crippen LogP contribution in [0.25, 0.3) is 0 Å². The van der Waals surface area contributed by atoms with Gasteiger partial charge in [-0.1, -0.05) is 5.16 Å². The van der Waals surface area contributed by atoms with Gasteiger partial charge in [-0.3, -0.25) is 4.79 Å². The van der Waals surface area contributed by atoms with E-state index in [9.17, 15) is 4.79 Å². The molecule has 2 heterocycles. The monoisotopic (exact) mass is 264 g/mol. The Hall–Kier alpha value is -2.08. The van der Waals surface area contributed by atoms with E-state index < -0.39 is 0 Å². The SMILES string of the molecule is Cc1cc(NC(=O)C[NH+](C)Cc2ccc(C)o2)no1. The van der Waals surface area contributed by atoms with Gasteiger partial charge in [0.2, 0.25) is 0 Å². The highest BCUT2D eigenvalue weighted by Crippen LogP contribution is 2.06. The van der Waals surface area contributed by atoms with E-state index in [1.807, 2.05) is 26.1 Å². The standard InChI is InChI=1S/C13H17N3O3/c1-9-4-5-11(18-9)7-16(3)8-13(17)14-12-6-10(2)19-15-12/h4-6H,7-8H2,1-3H3,(H,14,15,17)/p+1. The predicted molar refractivity (Wildman–Crippen MR) is 68.8 cm³/mol. The Labute approximate surface area is 111 Å². The molecule has 2 aromatic rings. The van der Waals surface area contributed by atoms with E-state index in [0.29, 0.717) is 24.7 Å². The summed E-state index contributed by atoms with van der Waals surface area (Å²) in [6, 6.07) is 5.53. The van der Waals surface area contributed by atoms with Crippen LogP contribution in [0.5, 0.6) is 0 Å². The fraction of sp³-hybridized carbons (Fsp3) is 0.385. The molecule has 0 saturated heterocycles. The highest BCUT2D eigenvalue weighted by molar-refractivity contribution is 5.90. The van der Waals surface area contributed by atoms with Gasteiger partial charge in [0.1, 0.15) is 18.1 Å². The van der Waals surface area contributed by atoms with E-state index in [1.165, 1.54) is 0 Å². The Bertz CT molecular complexity index is 559. The molecule has 102 valence electrons. The number of aromatic nitrogens is 1. The number of quaternary nitrogens is 1. The lowest BCUT2D eigenvalue weighted by Crippen LogP contribution is -3.08. The second-order valence-corrected chi connectivity index (χ2v) is 4.69. The van der Waals surface area contributed by atoms with Crippen molar-refractivity contribution in [3.8, 4) is 0 Å². The van der Waals surface area contributed by atoms with Crippen molar-refractivity contribution in [2.45, 2.75) is 20.4 Å². The molecule has 0 saturated carbocycles. The molecular formula is C13H18N3O3+. The molecule has 0 spiro atoms. The number of carbonyl (C=O) groups excluding carboxylic acids is 1. The van der Waals surface area contributed by atoms with Crippen molar-refractivity contribution in [2.24, 2.45) is 0 Å². The summed E-state index contributed by atoms with van der Waals surface area (Å²) in [5.74, 6) is 2.77. The molecule has 1 unspecified atom stereocenters. The summed E-state index contributed by atoms with van der Waals surface area (Å²) in [6.07, 6.45) is 0. The number of nitrogens with one attached hydrogen (secondary N) is 2. The third kappa shape index (κ3) is 3.96. The van der Waals surface area contributed by atoms with Crippen LogP contribution < -0.4 is 10.2 Å². The van der Waals surface area contributed by atoms with Gasteiger partial charge in [-0.25, -0.2) is 0 Å². The smallest absolute Gasteiger partial charge is 0.280 e. The molecule has 0 radical (unpaired) electrons. The molecule has 0 bridgehead atoms. The largest absolute Gasteiger partial charge is 0.460 e. The molecule has 2 N–H and O–H groups in total. The molecule has 0 aliphatic rings. The molecule has 1 amide bonds. The van der Waals surface area contributed by atoms with Gasteiger partial charge < -0.3 is 19.2 Å². The lowest BCUT2D eigenvalue weighted by Gasteiger charge is -2.11. The van der Waals surface area contributed by atoms with Crippen LogP contribution in [0.2, 0.25) is 0 Å². The van der Waals surface area contributed by atoms with Gasteiger partial charge in [0.15, 0.2) is 18.1 Å². The first-order valence-corrected chi connectivity index (χ1v) is 6.12. The number of hydrogen-bond donors (Lipinski definition) is 2. The number of anilines is 1. The Morgan fingerprint density at radius 2 is 2.16 bits per heavy atom. The van der Waals surface area contributed by atoms with Gasteiger partial charge in [0.05, 0.1) is 7.05 Å². The summed E-state index contributed by atoms with van der Waals surface area (Å²) in [5, 5.41) is 6.41. The fourth-order valence-corrected chi connectivity index (χ4v) is 1.83. The molecular weight excluding hydrogens is 246 g/mol. The second-order valence-electron chi connectivity index (χ2n) is 4.69. The number of hydrogen-bond acceptors (Lipinski definition) is 4. The van der Waals surface area contributed by atoms with Crippen molar-refractivity contribution in [1.82, 2.24) is 5.16 Å².